The maximum Gasteiger partial charge on any atom is 0.261 e. The van der Waals surface area contributed by atoms with Gasteiger partial charge in [0.05, 0.1) is 17.2 Å². The van der Waals surface area contributed by atoms with E-state index in [9.17, 15) is 13.6 Å². The van der Waals surface area contributed by atoms with Crippen molar-refractivity contribution in [2.75, 3.05) is 19.8 Å². The van der Waals surface area contributed by atoms with E-state index in [1.165, 1.54) is 6.20 Å². The van der Waals surface area contributed by atoms with E-state index in [4.69, 9.17) is 11.6 Å². The van der Waals surface area contributed by atoms with Gasteiger partial charge < -0.3 is 10.1 Å². The van der Waals surface area contributed by atoms with Crippen LogP contribution in [-0.4, -0.2) is 37.1 Å². The summed E-state index contributed by atoms with van der Waals surface area (Å²) in [4.78, 5) is 15.6. The Bertz CT molecular complexity index is 416. The van der Waals surface area contributed by atoms with Gasteiger partial charge in [0.25, 0.3) is 12.3 Å². The molecule has 0 radical (unpaired) electrons. The zero-order valence-electron chi connectivity index (χ0n) is 9.75. The van der Waals surface area contributed by atoms with Gasteiger partial charge in [-0.1, -0.05) is 11.6 Å². The number of aryl methyl sites for hydroxylation is 1. The summed E-state index contributed by atoms with van der Waals surface area (Å²) in [5.41, 5.74) is 0.952. The smallest absolute Gasteiger partial charge is 0.261 e. The standard InChI is InChI=1S/C11H13ClF2N2O2/c1-7-4-9(12)8(5-16-7)11(17)15-2-3-18-6-10(13)14/h4-5,10H,2-3,6H2,1H3,(H,15,17). The molecule has 0 bridgehead atoms. The van der Waals surface area contributed by atoms with Gasteiger partial charge in [-0.15, -0.1) is 0 Å². The van der Waals surface area contributed by atoms with Crippen LogP contribution in [0.15, 0.2) is 12.3 Å². The van der Waals surface area contributed by atoms with Crippen LogP contribution in [0.5, 0.6) is 0 Å². The monoisotopic (exact) mass is 278 g/mol. The Labute approximate surface area is 108 Å². The number of nitrogens with zero attached hydrogens (tertiary/aromatic N) is 1. The second kappa shape index (κ2) is 7.23. The van der Waals surface area contributed by atoms with E-state index >= 15 is 0 Å². The van der Waals surface area contributed by atoms with Crippen molar-refractivity contribution in [2.45, 2.75) is 13.3 Å². The lowest BCUT2D eigenvalue weighted by atomic mass is 10.2. The molecule has 1 N–H and O–H groups in total. The van der Waals surface area contributed by atoms with Crippen LogP contribution in [-0.2, 0) is 4.74 Å². The molecule has 18 heavy (non-hydrogen) atoms. The minimum Gasteiger partial charge on any atom is -0.374 e. The van der Waals surface area contributed by atoms with Gasteiger partial charge in [0.15, 0.2) is 0 Å². The molecule has 4 nitrogen and oxygen atoms in total. The second-order valence-electron chi connectivity index (χ2n) is 3.53. The van der Waals surface area contributed by atoms with E-state index in [0.717, 1.165) is 0 Å². The largest absolute Gasteiger partial charge is 0.374 e. The van der Waals surface area contributed by atoms with E-state index in [1.807, 2.05) is 0 Å². The van der Waals surface area contributed by atoms with Crippen molar-refractivity contribution >= 4 is 17.5 Å². The number of halogens is 3. The molecular weight excluding hydrogens is 266 g/mol. The van der Waals surface area contributed by atoms with Crippen LogP contribution in [0, 0.1) is 6.92 Å². The molecule has 0 saturated heterocycles. The Morgan fingerprint density at radius 3 is 2.94 bits per heavy atom. The van der Waals surface area contributed by atoms with Gasteiger partial charge in [0.1, 0.15) is 6.61 Å². The molecular formula is C11H13ClF2N2O2. The second-order valence-corrected chi connectivity index (χ2v) is 3.93. The summed E-state index contributed by atoms with van der Waals surface area (Å²) in [6.07, 6.45) is -1.14. The number of hydrogen-bond acceptors (Lipinski definition) is 3. The molecule has 1 aromatic heterocycles. The van der Waals surface area contributed by atoms with E-state index in [0.29, 0.717) is 10.7 Å². The van der Waals surface area contributed by atoms with Crippen LogP contribution in [0.3, 0.4) is 0 Å². The SMILES string of the molecule is Cc1cc(Cl)c(C(=O)NCCOCC(F)F)cn1. The van der Waals surface area contributed by atoms with Crippen molar-refractivity contribution < 1.29 is 18.3 Å². The molecule has 100 valence electrons. The number of ether oxygens (including phenoxy) is 1. The maximum atomic E-state index is 11.7. The molecule has 0 spiro atoms. The number of carbonyl (C=O) groups is 1. The summed E-state index contributed by atoms with van der Waals surface area (Å²) in [7, 11) is 0. The van der Waals surface area contributed by atoms with Gasteiger partial charge in [0.2, 0.25) is 0 Å². The molecule has 1 aromatic rings. The number of pyridine rings is 1. The summed E-state index contributed by atoms with van der Waals surface area (Å²) in [6.45, 7) is 1.28. The number of amides is 1. The number of aromatic nitrogens is 1. The Hall–Kier alpha value is -1.27. The van der Waals surface area contributed by atoms with Crippen molar-refractivity contribution in [1.29, 1.82) is 0 Å². The lowest BCUT2D eigenvalue weighted by Gasteiger charge is -2.07. The van der Waals surface area contributed by atoms with E-state index < -0.39 is 18.9 Å². The third-order valence-electron chi connectivity index (χ3n) is 2.01. The summed E-state index contributed by atoms with van der Waals surface area (Å²) in [6, 6.07) is 1.57. The fourth-order valence-corrected chi connectivity index (χ4v) is 1.49. The first-order chi connectivity index (χ1) is 8.50. The Morgan fingerprint density at radius 2 is 2.33 bits per heavy atom. The van der Waals surface area contributed by atoms with Crippen LogP contribution in [0.4, 0.5) is 8.78 Å². The van der Waals surface area contributed by atoms with Crippen molar-refractivity contribution in [2.24, 2.45) is 0 Å². The maximum absolute atomic E-state index is 11.7. The van der Waals surface area contributed by atoms with Gasteiger partial charge in [-0.05, 0) is 13.0 Å². The number of carbonyl (C=O) groups excluding carboxylic acids is 1. The molecule has 0 atom stereocenters. The number of alkyl halides is 2. The van der Waals surface area contributed by atoms with Crippen molar-refractivity contribution in [3.63, 3.8) is 0 Å². The van der Waals surface area contributed by atoms with Crippen LogP contribution < -0.4 is 5.32 Å². The Morgan fingerprint density at radius 1 is 1.61 bits per heavy atom. The van der Waals surface area contributed by atoms with Crippen LogP contribution in [0.1, 0.15) is 16.1 Å². The summed E-state index contributed by atoms with van der Waals surface area (Å²) < 4.78 is 28.1. The first-order valence-electron chi connectivity index (χ1n) is 5.27. The predicted octanol–water partition coefficient (Wildman–Crippen LogP) is 2.05. The molecule has 0 aromatic carbocycles. The van der Waals surface area contributed by atoms with Crippen molar-refractivity contribution in [3.8, 4) is 0 Å². The fraction of sp³-hybridized carbons (Fsp3) is 0.455. The fourth-order valence-electron chi connectivity index (χ4n) is 1.20. The molecule has 0 aliphatic rings. The molecule has 7 heteroatoms. The van der Waals surface area contributed by atoms with E-state index in [2.05, 4.69) is 15.0 Å². The quantitative estimate of drug-likeness (QED) is 0.811. The normalized spacial score (nSPS) is 10.7. The van der Waals surface area contributed by atoms with Crippen LogP contribution in [0.25, 0.3) is 0 Å². The van der Waals surface area contributed by atoms with Gasteiger partial charge in [-0.25, -0.2) is 8.78 Å². The third-order valence-corrected chi connectivity index (χ3v) is 2.32. The number of nitrogens with one attached hydrogen (secondary N) is 1. The molecule has 1 amide bonds. The summed E-state index contributed by atoms with van der Waals surface area (Å²) in [5.74, 6) is -0.409. The average molecular weight is 279 g/mol. The minimum atomic E-state index is -2.50. The lowest BCUT2D eigenvalue weighted by Crippen LogP contribution is -2.28. The van der Waals surface area contributed by atoms with E-state index in [1.54, 1.807) is 13.0 Å². The lowest BCUT2D eigenvalue weighted by molar-refractivity contribution is 0.0188. The highest BCUT2D eigenvalue weighted by molar-refractivity contribution is 6.33. The molecule has 0 aliphatic heterocycles. The molecule has 0 fully saturated rings. The molecule has 0 unspecified atom stereocenters. The third kappa shape index (κ3) is 4.93. The first-order valence-corrected chi connectivity index (χ1v) is 5.64. The molecule has 0 saturated carbocycles. The summed E-state index contributed by atoms with van der Waals surface area (Å²) in [5, 5.41) is 2.80. The predicted molar refractivity (Wildman–Crippen MR) is 63.1 cm³/mol. The van der Waals surface area contributed by atoms with Crippen molar-refractivity contribution in [3.05, 3.63) is 28.5 Å². The molecule has 0 aliphatic carbocycles. The number of hydrogen-bond donors (Lipinski definition) is 1. The van der Waals surface area contributed by atoms with Gasteiger partial charge >= 0.3 is 0 Å². The topological polar surface area (TPSA) is 51.2 Å². The zero-order valence-corrected chi connectivity index (χ0v) is 10.5. The first kappa shape index (κ1) is 14.8. The Balaban J connectivity index is 2.36. The highest BCUT2D eigenvalue weighted by Crippen LogP contribution is 2.15. The highest BCUT2D eigenvalue weighted by atomic mass is 35.5. The summed E-state index contributed by atoms with van der Waals surface area (Å²) >= 11 is 5.87. The minimum absolute atomic E-state index is 0.0208. The van der Waals surface area contributed by atoms with Gasteiger partial charge in [-0.3, -0.25) is 9.78 Å². The van der Waals surface area contributed by atoms with Gasteiger partial charge in [0, 0.05) is 18.4 Å². The van der Waals surface area contributed by atoms with Crippen molar-refractivity contribution in [1.82, 2.24) is 10.3 Å². The van der Waals surface area contributed by atoms with Crippen LogP contribution in [0.2, 0.25) is 5.02 Å². The van der Waals surface area contributed by atoms with E-state index in [-0.39, 0.29) is 18.7 Å². The zero-order chi connectivity index (χ0) is 13.5. The number of rotatable bonds is 6. The van der Waals surface area contributed by atoms with Gasteiger partial charge in [-0.2, -0.15) is 0 Å². The molecule has 1 rings (SSSR count). The Kier molecular flexibility index (Phi) is 5.94. The highest BCUT2D eigenvalue weighted by Gasteiger charge is 2.10. The van der Waals surface area contributed by atoms with Crippen LogP contribution >= 0.6 is 11.6 Å². The average Bonchev–Trinajstić information content (AvgIpc) is 2.27. The molecule has 1 heterocycles.